The number of hydrogen-bond donors (Lipinski definition) is 1. The van der Waals surface area contributed by atoms with Gasteiger partial charge in [0.15, 0.2) is 0 Å². The van der Waals surface area contributed by atoms with Crippen molar-refractivity contribution in [2.45, 2.75) is 6.04 Å². The van der Waals surface area contributed by atoms with Gasteiger partial charge in [0.05, 0.1) is 33.3 Å². The lowest BCUT2D eigenvalue weighted by Gasteiger charge is -2.37. The van der Waals surface area contributed by atoms with Crippen LogP contribution in [0.5, 0.6) is 5.88 Å². The van der Waals surface area contributed by atoms with Crippen LogP contribution in [0.4, 0.5) is 14.7 Å². The molecule has 150 valence electrons. The Hall–Kier alpha value is -3.06. The number of methoxy groups -OCH3 is 1. The fourth-order valence-corrected chi connectivity index (χ4v) is 3.86. The molecule has 7 heteroatoms. The molecule has 0 saturated carbocycles. The van der Waals surface area contributed by atoms with E-state index in [4.69, 9.17) is 4.74 Å². The van der Waals surface area contributed by atoms with E-state index in [9.17, 15) is 8.78 Å². The number of hydrogen-bond acceptors (Lipinski definition) is 4. The highest BCUT2D eigenvalue weighted by molar-refractivity contribution is 5.33. The predicted octanol–water partition coefficient (Wildman–Crippen LogP) is 2.26. The number of rotatable bonds is 5. The van der Waals surface area contributed by atoms with Crippen molar-refractivity contribution in [2.75, 3.05) is 38.2 Å². The van der Waals surface area contributed by atoms with Gasteiger partial charge in [-0.05, 0) is 48.5 Å². The van der Waals surface area contributed by atoms with Gasteiger partial charge in [-0.25, -0.2) is 13.8 Å². The molecule has 29 heavy (non-hydrogen) atoms. The number of nitrogens with zero attached hydrogens (tertiary/aromatic N) is 3. The molecule has 2 heterocycles. The van der Waals surface area contributed by atoms with Crippen LogP contribution in [0.25, 0.3) is 0 Å². The first-order valence-corrected chi connectivity index (χ1v) is 9.61. The Kier molecular flexibility index (Phi) is 5.67. The topological polar surface area (TPSA) is 42.7 Å². The quantitative estimate of drug-likeness (QED) is 0.717. The Labute approximate surface area is 168 Å². The molecule has 1 aliphatic rings. The van der Waals surface area contributed by atoms with Gasteiger partial charge in [-0.15, -0.1) is 0 Å². The monoisotopic (exact) mass is 397 g/mol. The van der Waals surface area contributed by atoms with Gasteiger partial charge in [0.1, 0.15) is 17.7 Å². The Balaban J connectivity index is 1.56. The van der Waals surface area contributed by atoms with Crippen molar-refractivity contribution in [3.63, 3.8) is 0 Å². The van der Waals surface area contributed by atoms with Crippen LogP contribution < -0.4 is 14.5 Å². The molecule has 2 aromatic carbocycles. The number of halogens is 2. The highest BCUT2D eigenvalue weighted by Gasteiger charge is 2.31. The van der Waals surface area contributed by atoms with Crippen LogP contribution in [-0.2, 0) is 0 Å². The fraction of sp³-hybridized carbons (Fsp3) is 0.273. The molecule has 4 rings (SSSR count). The summed E-state index contributed by atoms with van der Waals surface area (Å²) < 4.78 is 32.1. The van der Waals surface area contributed by atoms with Crippen molar-refractivity contribution in [1.29, 1.82) is 0 Å². The molecule has 0 atom stereocenters. The summed E-state index contributed by atoms with van der Waals surface area (Å²) in [4.78, 5) is 12.3. The van der Waals surface area contributed by atoms with Crippen molar-refractivity contribution in [2.24, 2.45) is 0 Å². The van der Waals surface area contributed by atoms with Crippen LogP contribution in [0.3, 0.4) is 0 Å². The Morgan fingerprint density at radius 2 is 1.45 bits per heavy atom. The van der Waals surface area contributed by atoms with Crippen molar-refractivity contribution < 1.29 is 18.4 Å². The zero-order valence-corrected chi connectivity index (χ0v) is 16.2. The minimum atomic E-state index is -0.262. The predicted molar refractivity (Wildman–Crippen MR) is 106 cm³/mol. The molecule has 1 aromatic heterocycles. The molecule has 0 aliphatic carbocycles. The summed E-state index contributed by atoms with van der Waals surface area (Å²) in [5.41, 5.74) is 2.03. The second-order valence-electron chi connectivity index (χ2n) is 7.08. The average Bonchev–Trinajstić information content (AvgIpc) is 2.77. The van der Waals surface area contributed by atoms with E-state index in [1.165, 1.54) is 29.2 Å². The van der Waals surface area contributed by atoms with Gasteiger partial charge in [-0.2, -0.15) is 4.98 Å². The largest absolute Gasteiger partial charge is 0.481 e. The molecule has 1 aliphatic heterocycles. The van der Waals surface area contributed by atoms with Crippen LogP contribution in [-0.4, -0.2) is 43.3 Å². The summed E-state index contributed by atoms with van der Waals surface area (Å²) in [6.45, 7) is 3.25. The summed E-state index contributed by atoms with van der Waals surface area (Å²) in [7, 11) is 1.59. The van der Waals surface area contributed by atoms with Crippen molar-refractivity contribution >= 4 is 5.95 Å². The SMILES string of the molecule is COc1ccnc(N2CC[NH+](C(c3ccc(F)cc3)c3ccc(F)cc3)CC2)n1. The first-order chi connectivity index (χ1) is 14.1. The zero-order chi connectivity index (χ0) is 20.2. The first-order valence-electron chi connectivity index (χ1n) is 9.61. The minimum Gasteiger partial charge on any atom is -0.481 e. The summed E-state index contributed by atoms with van der Waals surface area (Å²) in [5.74, 6) is 0.673. The second-order valence-corrected chi connectivity index (χ2v) is 7.08. The molecule has 0 radical (unpaired) electrons. The van der Waals surface area contributed by atoms with E-state index < -0.39 is 0 Å². The van der Waals surface area contributed by atoms with E-state index in [-0.39, 0.29) is 17.7 Å². The Morgan fingerprint density at radius 3 is 1.97 bits per heavy atom. The maximum absolute atomic E-state index is 13.5. The van der Waals surface area contributed by atoms with E-state index in [0.29, 0.717) is 11.8 Å². The summed E-state index contributed by atoms with van der Waals surface area (Å²) >= 11 is 0. The first kappa shape index (κ1) is 19.3. The van der Waals surface area contributed by atoms with Gasteiger partial charge < -0.3 is 14.5 Å². The number of quaternary nitrogens is 1. The van der Waals surface area contributed by atoms with E-state index in [1.807, 2.05) is 24.3 Å². The van der Waals surface area contributed by atoms with Crippen molar-refractivity contribution in [1.82, 2.24) is 9.97 Å². The van der Waals surface area contributed by atoms with Gasteiger partial charge in [-0.3, -0.25) is 0 Å². The van der Waals surface area contributed by atoms with Crippen LogP contribution in [0.2, 0.25) is 0 Å². The Morgan fingerprint density at radius 1 is 0.897 bits per heavy atom. The molecule has 0 spiro atoms. The number of benzene rings is 2. The molecule has 3 aromatic rings. The number of ether oxygens (including phenoxy) is 1. The molecule has 1 saturated heterocycles. The van der Waals surface area contributed by atoms with E-state index in [0.717, 1.165) is 37.3 Å². The van der Waals surface area contributed by atoms with Crippen LogP contribution in [0.15, 0.2) is 60.8 Å². The molecule has 0 unspecified atom stereocenters. The third-order valence-electron chi connectivity index (χ3n) is 5.33. The molecule has 0 amide bonds. The highest BCUT2D eigenvalue weighted by Crippen LogP contribution is 2.21. The highest BCUT2D eigenvalue weighted by atomic mass is 19.1. The zero-order valence-electron chi connectivity index (χ0n) is 16.2. The van der Waals surface area contributed by atoms with E-state index >= 15 is 0 Å². The number of aromatic nitrogens is 2. The molecule has 1 fully saturated rings. The standard InChI is InChI=1S/C22H22F2N4O/c1-29-20-10-11-25-22(26-20)28-14-12-27(13-15-28)21(16-2-6-18(23)7-3-16)17-4-8-19(24)9-5-17/h2-11,21H,12-15H2,1H3/p+1. The van der Waals surface area contributed by atoms with Gasteiger partial charge in [0, 0.05) is 23.4 Å². The minimum absolute atomic E-state index is 0.00424. The summed E-state index contributed by atoms with van der Waals surface area (Å²) in [5, 5.41) is 0. The second kappa shape index (κ2) is 8.53. The van der Waals surface area contributed by atoms with Crippen molar-refractivity contribution in [3.8, 4) is 5.88 Å². The van der Waals surface area contributed by atoms with Gasteiger partial charge >= 0.3 is 0 Å². The lowest BCUT2D eigenvalue weighted by molar-refractivity contribution is -0.926. The fourth-order valence-electron chi connectivity index (χ4n) is 3.86. The third kappa shape index (κ3) is 4.35. The van der Waals surface area contributed by atoms with Crippen LogP contribution in [0.1, 0.15) is 17.2 Å². The lowest BCUT2D eigenvalue weighted by Crippen LogP contribution is -3.15. The molecule has 5 nitrogen and oxygen atoms in total. The molecule has 0 bridgehead atoms. The molecular weight excluding hydrogens is 374 g/mol. The normalized spacial score (nSPS) is 15.0. The van der Waals surface area contributed by atoms with E-state index in [1.54, 1.807) is 19.4 Å². The number of anilines is 1. The van der Waals surface area contributed by atoms with Crippen molar-refractivity contribution in [3.05, 3.63) is 83.6 Å². The summed E-state index contributed by atoms with van der Waals surface area (Å²) in [6, 6.07) is 14.9. The Bertz CT molecular complexity index is 896. The average molecular weight is 397 g/mol. The number of nitrogens with one attached hydrogen (secondary N) is 1. The number of piperazine rings is 1. The van der Waals surface area contributed by atoms with Gasteiger partial charge in [0.25, 0.3) is 0 Å². The smallest absolute Gasteiger partial charge is 0.229 e. The van der Waals surface area contributed by atoms with Crippen LogP contribution >= 0.6 is 0 Å². The molecule has 1 N–H and O–H groups in total. The maximum Gasteiger partial charge on any atom is 0.229 e. The third-order valence-corrected chi connectivity index (χ3v) is 5.33. The van der Waals surface area contributed by atoms with Crippen LogP contribution in [0, 0.1) is 11.6 Å². The van der Waals surface area contributed by atoms with Gasteiger partial charge in [-0.1, -0.05) is 0 Å². The molecular formula is C22H23F2N4O+. The maximum atomic E-state index is 13.5. The van der Waals surface area contributed by atoms with E-state index in [2.05, 4.69) is 14.9 Å². The van der Waals surface area contributed by atoms with Gasteiger partial charge in [0.2, 0.25) is 11.8 Å². The summed E-state index contributed by atoms with van der Waals surface area (Å²) in [6.07, 6.45) is 1.69. The lowest BCUT2D eigenvalue weighted by atomic mass is 9.96.